The lowest BCUT2D eigenvalue weighted by Gasteiger charge is -2.22. The number of hydrogen-bond acceptors (Lipinski definition) is 6. The molecule has 3 aromatic rings. The van der Waals surface area contributed by atoms with Crippen LogP contribution in [0.5, 0.6) is 11.5 Å². The molecule has 6 nitrogen and oxygen atoms in total. The molecule has 3 rings (SSSR count). The van der Waals surface area contributed by atoms with Crippen molar-refractivity contribution in [3.05, 3.63) is 53.9 Å². The van der Waals surface area contributed by atoms with Crippen LogP contribution in [0.4, 0.5) is 10.8 Å². The minimum absolute atomic E-state index is 0.0982. The van der Waals surface area contributed by atoms with Crippen molar-refractivity contribution in [1.82, 2.24) is 4.98 Å². The summed E-state index contributed by atoms with van der Waals surface area (Å²) < 4.78 is 10.6. The molecule has 1 aromatic heterocycles. The van der Waals surface area contributed by atoms with E-state index in [1.165, 1.54) is 11.3 Å². The number of thiazole rings is 1. The largest absolute Gasteiger partial charge is 0.493 e. The monoisotopic (exact) mass is 397 g/mol. The minimum atomic E-state index is -0.0982. The summed E-state index contributed by atoms with van der Waals surface area (Å²) in [6.45, 7) is 3.04. The van der Waals surface area contributed by atoms with Crippen molar-refractivity contribution in [3.63, 3.8) is 0 Å². The number of carbonyl (C=O) groups is 1. The fourth-order valence-electron chi connectivity index (χ4n) is 2.82. The second kappa shape index (κ2) is 9.23. The van der Waals surface area contributed by atoms with E-state index in [2.05, 4.69) is 10.3 Å². The molecule has 0 aliphatic heterocycles. The number of para-hydroxylation sites is 1. The van der Waals surface area contributed by atoms with E-state index in [-0.39, 0.29) is 12.5 Å². The summed E-state index contributed by atoms with van der Waals surface area (Å²) in [6.07, 6.45) is 0. The smallest absolute Gasteiger partial charge is 0.245 e. The van der Waals surface area contributed by atoms with Gasteiger partial charge in [-0.1, -0.05) is 18.2 Å². The van der Waals surface area contributed by atoms with Crippen molar-refractivity contribution >= 4 is 28.1 Å². The van der Waals surface area contributed by atoms with Crippen LogP contribution < -0.4 is 19.7 Å². The number of methoxy groups -OCH3 is 2. The van der Waals surface area contributed by atoms with E-state index >= 15 is 0 Å². The fraction of sp³-hybridized carbons (Fsp3) is 0.238. The molecule has 0 saturated carbocycles. The number of hydrogen-bond donors (Lipinski definition) is 1. The summed E-state index contributed by atoms with van der Waals surface area (Å²) in [5, 5.41) is 5.37. The first-order valence-electron chi connectivity index (χ1n) is 8.92. The van der Waals surface area contributed by atoms with Gasteiger partial charge in [0.1, 0.15) is 0 Å². The van der Waals surface area contributed by atoms with Gasteiger partial charge in [-0.3, -0.25) is 4.79 Å². The molecular formula is C21H23N3O3S. The van der Waals surface area contributed by atoms with Crippen LogP contribution >= 0.6 is 11.3 Å². The van der Waals surface area contributed by atoms with E-state index in [9.17, 15) is 4.79 Å². The molecule has 0 saturated heterocycles. The SMILES string of the molecule is CCN(CC(=O)Nc1nc(-c2ccc(OC)c(OC)c2)cs1)c1ccccc1. The lowest BCUT2D eigenvalue weighted by atomic mass is 10.1. The lowest BCUT2D eigenvalue weighted by molar-refractivity contribution is -0.115. The molecular weight excluding hydrogens is 374 g/mol. The molecule has 2 aromatic carbocycles. The molecule has 146 valence electrons. The maximum absolute atomic E-state index is 12.5. The molecule has 0 bridgehead atoms. The van der Waals surface area contributed by atoms with Crippen LogP contribution in [0.1, 0.15) is 6.92 Å². The Morgan fingerprint density at radius 1 is 1.11 bits per heavy atom. The first-order valence-corrected chi connectivity index (χ1v) is 9.80. The third kappa shape index (κ3) is 4.61. The van der Waals surface area contributed by atoms with E-state index in [0.29, 0.717) is 16.6 Å². The molecule has 0 unspecified atom stereocenters. The van der Waals surface area contributed by atoms with E-state index < -0.39 is 0 Å². The Morgan fingerprint density at radius 2 is 1.86 bits per heavy atom. The van der Waals surface area contributed by atoms with Gasteiger partial charge < -0.3 is 19.7 Å². The van der Waals surface area contributed by atoms with Crippen LogP contribution in [0.2, 0.25) is 0 Å². The second-order valence-electron chi connectivity index (χ2n) is 6.01. The van der Waals surface area contributed by atoms with Crippen LogP contribution in [0.25, 0.3) is 11.3 Å². The standard InChI is InChI=1S/C21H23N3O3S/c1-4-24(16-8-6-5-7-9-16)13-20(25)23-21-22-17(14-28-21)15-10-11-18(26-2)19(12-15)27-3/h5-12,14H,4,13H2,1-3H3,(H,22,23,25). The fourth-order valence-corrected chi connectivity index (χ4v) is 3.55. The summed E-state index contributed by atoms with van der Waals surface area (Å²) in [7, 11) is 3.20. The van der Waals surface area contributed by atoms with Gasteiger partial charge in [-0.25, -0.2) is 4.98 Å². The molecule has 0 atom stereocenters. The Kier molecular flexibility index (Phi) is 6.49. The highest BCUT2D eigenvalue weighted by atomic mass is 32.1. The molecule has 1 N–H and O–H groups in total. The summed E-state index contributed by atoms with van der Waals surface area (Å²) in [4.78, 5) is 19.0. The Labute approximate surface area is 168 Å². The van der Waals surface area contributed by atoms with Crippen molar-refractivity contribution < 1.29 is 14.3 Å². The zero-order chi connectivity index (χ0) is 19.9. The number of amides is 1. The molecule has 0 aliphatic rings. The van der Waals surface area contributed by atoms with Crippen molar-refractivity contribution in [2.75, 3.05) is 37.5 Å². The predicted molar refractivity (Wildman–Crippen MR) is 114 cm³/mol. The van der Waals surface area contributed by atoms with Crippen molar-refractivity contribution in [1.29, 1.82) is 0 Å². The normalized spacial score (nSPS) is 10.4. The van der Waals surface area contributed by atoms with Gasteiger partial charge in [0.25, 0.3) is 0 Å². The summed E-state index contributed by atoms with van der Waals surface area (Å²) in [5.41, 5.74) is 2.69. The van der Waals surface area contributed by atoms with Crippen LogP contribution in [-0.4, -0.2) is 38.2 Å². The number of aromatic nitrogens is 1. The third-order valence-electron chi connectivity index (χ3n) is 4.27. The summed E-state index contributed by atoms with van der Waals surface area (Å²) >= 11 is 1.39. The molecule has 1 heterocycles. The maximum atomic E-state index is 12.5. The van der Waals surface area contributed by atoms with Gasteiger partial charge in [-0.05, 0) is 37.3 Å². The number of anilines is 2. The number of carbonyl (C=O) groups excluding carboxylic acids is 1. The van der Waals surface area contributed by atoms with Gasteiger partial charge in [0.15, 0.2) is 16.6 Å². The Hall–Kier alpha value is -3.06. The summed E-state index contributed by atoms with van der Waals surface area (Å²) in [5.74, 6) is 1.20. The average Bonchev–Trinajstić information content (AvgIpc) is 3.20. The number of benzene rings is 2. The number of likely N-dealkylation sites (N-methyl/N-ethyl adjacent to an activating group) is 1. The van der Waals surface area contributed by atoms with Crippen molar-refractivity contribution in [3.8, 4) is 22.8 Å². The Balaban J connectivity index is 1.68. The van der Waals surface area contributed by atoms with E-state index in [0.717, 1.165) is 23.5 Å². The van der Waals surface area contributed by atoms with Crippen LogP contribution in [0, 0.1) is 0 Å². The number of nitrogens with one attached hydrogen (secondary N) is 1. The van der Waals surface area contributed by atoms with Gasteiger partial charge in [-0.15, -0.1) is 11.3 Å². The predicted octanol–water partition coefficient (Wildman–Crippen LogP) is 4.29. The number of ether oxygens (including phenoxy) is 2. The number of rotatable bonds is 8. The van der Waals surface area contributed by atoms with Crippen LogP contribution in [-0.2, 0) is 4.79 Å². The maximum Gasteiger partial charge on any atom is 0.245 e. The van der Waals surface area contributed by atoms with Crippen molar-refractivity contribution in [2.45, 2.75) is 6.92 Å². The summed E-state index contributed by atoms with van der Waals surface area (Å²) in [6, 6.07) is 15.5. The van der Waals surface area contributed by atoms with Gasteiger partial charge >= 0.3 is 0 Å². The topological polar surface area (TPSA) is 63.7 Å². The van der Waals surface area contributed by atoms with Gasteiger partial charge in [0.2, 0.25) is 5.91 Å². The van der Waals surface area contributed by atoms with Crippen molar-refractivity contribution in [2.24, 2.45) is 0 Å². The minimum Gasteiger partial charge on any atom is -0.493 e. The molecule has 7 heteroatoms. The van der Waals surface area contributed by atoms with Gasteiger partial charge in [-0.2, -0.15) is 0 Å². The Morgan fingerprint density at radius 3 is 2.54 bits per heavy atom. The quantitative estimate of drug-likeness (QED) is 0.614. The molecule has 0 radical (unpaired) electrons. The van der Waals surface area contributed by atoms with E-state index in [4.69, 9.17) is 9.47 Å². The molecule has 28 heavy (non-hydrogen) atoms. The highest BCUT2D eigenvalue weighted by Crippen LogP contribution is 2.33. The van der Waals surface area contributed by atoms with Crippen LogP contribution in [0.15, 0.2) is 53.9 Å². The number of nitrogens with zero attached hydrogens (tertiary/aromatic N) is 2. The highest BCUT2D eigenvalue weighted by molar-refractivity contribution is 7.14. The first-order chi connectivity index (χ1) is 13.6. The Bertz CT molecular complexity index is 928. The third-order valence-corrected chi connectivity index (χ3v) is 5.03. The molecule has 1 amide bonds. The lowest BCUT2D eigenvalue weighted by Crippen LogP contribution is -2.33. The highest BCUT2D eigenvalue weighted by Gasteiger charge is 2.13. The molecule has 0 spiro atoms. The second-order valence-corrected chi connectivity index (χ2v) is 6.86. The van der Waals surface area contributed by atoms with E-state index in [1.807, 2.05) is 65.7 Å². The van der Waals surface area contributed by atoms with Gasteiger partial charge in [0, 0.05) is 23.2 Å². The first kappa shape index (κ1) is 19.7. The van der Waals surface area contributed by atoms with E-state index in [1.54, 1.807) is 14.2 Å². The average molecular weight is 398 g/mol. The van der Waals surface area contributed by atoms with Gasteiger partial charge in [0.05, 0.1) is 26.5 Å². The zero-order valence-corrected chi connectivity index (χ0v) is 17.0. The molecule has 0 aliphatic carbocycles. The zero-order valence-electron chi connectivity index (χ0n) is 16.1. The molecule has 0 fully saturated rings. The van der Waals surface area contributed by atoms with Crippen LogP contribution in [0.3, 0.4) is 0 Å².